The second-order valence-electron chi connectivity index (χ2n) is 4.85. The van der Waals surface area contributed by atoms with Crippen molar-refractivity contribution in [2.75, 3.05) is 0 Å². The zero-order chi connectivity index (χ0) is 15.1. The quantitative estimate of drug-likeness (QED) is 0.720. The van der Waals surface area contributed by atoms with Crippen molar-refractivity contribution in [3.63, 3.8) is 0 Å². The van der Waals surface area contributed by atoms with Crippen LogP contribution in [0.3, 0.4) is 0 Å². The van der Waals surface area contributed by atoms with Crippen molar-refractivity contribution in [1.82, 2.24) is 0 Å². The Morgan fingerprint density at radius 3 is 2.70 bits per heavy atom. The molecule has 0 aliphatic rings. The molecule has 1 rings (SSSR count). The number of ketones is 1. The number of hydrogen-bond acceptors (Lipinski definition) is 2. The molecule has 0 radical (unpaired) electrons. The lowest BCUT2D eigenvalue weighted by Gasteiger charge is -2.17. The summed E-state index contributed by atoms with van der Waals surface area (Å²) in [5.41, 5.74) is 0.0833. The standard InChI is InChI=1S/C16H19ClFNO/c1-3-5-7-11(4-2)16(20)13(10-19)12-8-6-9-14(17)15(12)18/h6,8-9,11,13H,3-5,7H2,1-2H3. The molecule has 0 saturated carbocycles. The fourth-order valence-corrected chi connectivity index (χ4v) is 2.45. The van der Waals surface area contributed by atoms with Gasteiger partial charge in [0.05, 0.1) is 11.1 Å². The Hall–Kier alpha value is -1.40. The van der Waals surface area contributed by atoms with E-state index in [0.717, 1.165) is 19.3 Å². The first-order valence-electron chi connectivity index (χ1n) is 6.94. The van der Waals surface area contributed by atoms with Gasteiger partial charge in [-0.05, 0) is 18.9 Å². The van der Waals surface area contributed by atoms with E-state index in [9.17, 15) is 14.4 Å². The highest BCUT2D eigenvalue weighted by Crippen LogP contribution is 2.29. The zero-order valence-corrected chi connectivity index (χ0v) is 12.6. The molecular weight excluding hydrogens is 277 g/mol. The largest absolute Gasteiger partial charge is 0.298 e. The Morgan fingerprint density at radius 1 is 1.45 bits per heavy atom. The van der Waals surface area contributed by atoms with E-state index in [-0.39, 0.29) is 22.3 Å². The number of nitrogens with zero attached hydrogens (tertiary/aromatic N) is 1. The first-order chi connectivity index (χ1) is 9.56. The summed E-state index contributed by atoms with van der Waals surface area (Å²) in [5, 5.41) is 9.20. The van der Waals surface area contributed by atoms with E-state index in [1.165, 1.54) is 12.1 Å². The Balaban J connectivity index is 3.03. The fraction of sp³-hybridized carbons (Fsp3) is 0.500. The predicted octanol–water partition coefficient (Wildman–Crippen LogP) is 4.87. The second kappa shape index (κ2) is 8.01. The van der Waals surface area contributed by atoms with Gasteiger partial charge in [-0.3, -0.25) is 4.79 Å². The number of hydrogen-bond donors (Lipinski definition) is 0. The summed E-state index contributed by atoms with van der Waals surface area (Å²) in [6, 6.07) is 6.36. The number of benzene rings is 1. The van der Waals surface area contributed by atoms with E-state index in [4.69, 9.17) is 11.6 Å². The SMILES string of the molecule is CCCCC(CC)C(=O)C(C#N)c1cccc(Cl)c1F. The minimum atomic E-state index is -1.07. The molecule has 0 spiro atoms. The number of nitriles is 1. The third kappa shape index (κ3) is 3.80. The Morgan fingerprint density at radius 2 is 2.15 bits per heavy atom. The summed E-state index contributed by atoms with van der Waals surface area (Å²) < 4.78 is 14.0. The van der Waals surface area contributed by atoms with Crippen molar-refractivity contribution in [2.24, 2.45) is 5.92 Å². The molecule has 0 heterocycles. The summed E-state index contributed by atoms with van der Waals surface area (Å²) in [4.78, 5) is 12.4. The lowest BCUT2D eigenvalue weighted by Crippen LogP contribution is -2.22. The maximum atomic E-state index is 14.0. The van der Waals surface area contributed by atoms with Crippen molar-refractivity contribution in [1.29, 1.82) is 5.26 Å². The van der Waals surface area contributed by atoms with Crippen LogP contribution < -0.4 is 0 Å². The van der Waals surface area contributed by atoms with Crippen LogP contribution in [0.4, 0.5) is 4.39 Å². The maximum Gasteiger partial charge on any atom is 0.157 e. The van der Waals surface area contributed by atoms with Gasteiger partial charge in [0.2, 0.25) is 0 Å². The highest BCUT2D eigenvalue weighted by molar-refractivity contribution is 6.30. The number of rotatable bonds is 7. The molecule has 0 fully saturated rings. The lowest BCUT2D eigenvalue weighted by atomic mass is 9.84. The lowest BCUT2D eigenvalue weighted by molar-refractivity contribution is -0.123. The molecule has 0 aliphatic carbocycles. The molecule has 2 atom stereocenters. The third-order valence-electron chi connectivity index (χ3n) is 3.51. The van der Waals surface area contributed by atoms with E-state index in [1.54, 1.807) is 6.07 Å². The summed E-state index contributed by atoms with van der Waals surface area (Å²) in [6.45, 7) is 3.97. The van der Waals surface area contributed by atoms with Crippen LogP contribution in [-0.4, -0.2) is 5.78 Å². The first kappa shape index (κ1) is 16.7. The van der Waals surface area contributed by atoms with Gasteiger partial charge >= 0.3 is 0 Å². The molecule has 2 nitrogen and oxygen atoms in total. The number of carbonyl (C=O) groups excluding carboxylic acids is 1. The van der Waals surface area contributed by atoms with Crippen molar-refractivity contribution in [3.05, 3.63) is 34.6 Å². The van der Waals surface area contributed by atoms with E-state index in [0.29, 0.717) is 6.42 Å². The molecule has 1 aromatic carbocycles. The van der Waals surface area contributed by atoms with Crippen LogP contribution in [0.2, 0.25) is 5.02 Å². The topological polar surface area (TPSA) is 40.9 Å². The van der Waals surface area contributed by atoms with Crippen molar-refractivity contribution in [2.45, 2.75) is 45.4 Å². The van der Waals surface area contributed by atoms with Gasteiger partial charge in [-0.2, -0.15) is 5.26 Å². The normalized spacial score (nSPS) is 13.6. The van der Waals surface area contributed by atoms with Gasteiger partial charge in [0.15, 0.2) is 5.78 Å². The van der Waals surface area contributed by atoms with Gasteiger partial charge < -0.3 is 0 Å². The molecule has 4 heteroatoms. The summed E-state index contributed by atoms with van der Waals surface area (Å²) in [6.07, 6.45) is 3.33. The van der Waals surface area contributed by atoms with Gasteiger partial charge in [-0.1, -0.05) is 50.4 Å². The Bertz CT molecular complexity index is 510. The Labute approximate surface area is 124 Å². The number of halogens is 2. The third-order valence-corrected chi connectivity index (χ3v) is 3.80. The Kier molecular flexibility index (Phi) is 6.67. The molecule has 0 aromatic heterocycles. The van der Waals surface area contributed by atoms with Crippen LogP contribution in [-0.2, 0) is 4.79 Å². The van der Waals surface area contributed by atoms with E-state index in [1.807, 2.05) is 13.0 Å². The molecule has 0 amide bonds. The van der Waals surface area contributed by atoms with Crippen molar-refractivity contribution in [3.8, 4) is 6.07 Å². The molecule has 2 unspecified atom stereocenters. The van der Waals surface area contributed by atoms with E-state index < -0.39 is 11.7 Å². The minimum Gasteiger partial charge on any atom is -0.298 e. The maximum absolute atomic E-state index is 14.0. The molecule has 0 saturated heterocycles. The molecule has 0 bridgehead atoms. The van der Waals surface area contributed by atoms with Crippen molar-refractivity contribution < 1.29 is 9.18 Å². The highest BCUT2D eigenvalue weighted by Gasteiger charge is 2.29. The van der Waals surface area contributed by atoms with Gasteiger partial charge in [-0.15, -0.1) is 0 Å². The van der Waals surface area contributed by atoms with Gasteiger partial charge in [0.25, 0.3) is 0 Å². The molecule has 0 aliphatic heterocycles. The predicted molar refractivity (Wildman–Crippen MR) is 78.1 cm³/mol. The number of carbonyl (C=O) groups is 1. The number of Topliss-reactive ketones (excluding diaryl/α,β-unsaturated/α-hetero) is 1. The average molecular weight is 296 g/mol. The molecule has 20 heavy (non-hydrogen) atoms. The first-order valence-corrected chi connectivity index (χ1v) is 7.31. The van der Waals surface area contributed by atoms with Gasteiger partial charge in [0.1, 0.15) is 11.7 Å². The van der Waals surface area contributed by atoms with Crippen LogP contribution in [0.25, 0.3) is 0 Å². The van der Waals surface area contributed by atoms with Crippen molar-refractivity contribution >= 4 is 17.4 Å². The average Bonchev–Trinajstić information content (AvgIpc) is 2.45. The van der Waals surface area contributed by atoms with Crippen LogP contribution in [0, 0.1) is 23.1 Å². The second-order valence-corrected chi connectivity index (χ2v) is 5.26. The van der Waals surface area contributed by atoms with Crippen LogP contribution in [0.15, 0.2) is 18.2 Å². The molecule has 108 valence electrons. The molecule has 0 N–H and O–H groups in total. The van der Waals surface area contributed by atoms with Crippen LogP contribution >= 0.6 is 11.6 Å². The van der Waals surface area contributed by atoms with E-state index >= 15 is 0 Å². The van der Waals surface area contributed by atoms with Crippen LogP contribution in [0.5, 0.6) is 0 Å². The zero-order valence-electron chi connectivity index (χ0n) is 11.8. The summed E-state index contributed by atoms with van der Waals surface area (Å²) >= 11 is 5.72. The van der Waals surface area contributed by atoms with Crippen LogP contribution in [0.1, 0.15) is 51.0 Å². The van der Waals surface area contributed by atoms with Gasteiger partial charge in [0, 0.05) is 11.5 Å². The van der Waals surface area contributed by atoms with Gasteiger partial charge in [-0.25, -0.2) is 4.39 Å². The molecular formula is C16H19ClFNO. The summed E-state index contributed by atoms with van der Waals surface area (Å²) in [7, 11) is 0. The monoisotopic (exact) mass is 295 g/mol. The minimum absolute atomic E-state index is 0.0582. The fourth-order valence-electron chi connectivity index (χ4n) is 2.26. The highest BCUT2D eigenvalue weighted by atomic mass is 35.5. The molecule has 1 aromatic rings. The number of unbranched alkanes of at least 4 members (excludes halogenated alkanes) is 1. The van der Waals surface area contributed by atoms with E-state index in [2.05, 4.69) is 6.92 Å². The summed E-state index contributed by atoms with van der Waals surface area (Å²) in [5.74, 6) is -2.14. The smallest absolute Gasteiger partial charge is 0.157 e.